The van der Waals surface area contributed by atoms with E-state index in [2.05, 4.69) is 24.1 Å². The molecule has 0 saturated heterocycles. The summed E-state index contributed by atoms with van der Waals surface area (Å²) in [7, 11) is 1.50. The first kappa shape index (κ1) is 24.0. The SMILES string of the molecule is CC(C)C(=O)O.CCN(CC)CCNC(=O)c1cc(Cl)c(N)cc1OC. The predicted molar refractivity (Wildman–Crippen MR) is 105 cm³/mol. The van der Waals surface area contributed by atoms with E-state index in [4.69, 9.17) is 27.2 Å². The maximum atomic E-state index is 12.1. The van der Waals surface area contributed by atoms with Gasteiger partial charge in [0.05, 0.1) is 29.3 Å². The molecule has 0 radical (unpaired) electrons. The van der Waals surface area contributed by atoms with E-state index in [1.165, 1.54) is 13.2 Å². The van der Waals surface area contributed by atoms with Gasteiger partial charge in [-0.1, -0.05) is 39.3 Å². The highest BCUT2D eigenvalue weighted by atomic mass is 35.5. The molecule has 0 aliphatic heterocycles. The Bertz CT molecular complexity index is 590. The number of hydrogen-bond acceptors (Lipinski definition) is 5. The van der Waals surface area contributed by atoms with Gasteiger partial charge in [-0.3, -0.25) is 9.59 Å². The number of carboxylic acids is 1. The number of rotatable bonds is 8. The number of carbonyl (C=O) groups excluding carboxylic acids is 1. The van der Waals surface area contributed by atoms with Gasteiger partial charge in [-0.05, 0) is 19.2 Å². The lowest BCUT2D eigenvalue weighted by Gasteiger charge is -2.18. The van der Waals surface area contributed by atoms with Crippen molar-refractivity contribution in [3.8, 4) is 5.75 Å². The molecule has 1 aromatic carbocycles. The Morgan fingerprint density at radius 2 is 1.85 bits per heavy atom. The molecule has 0 spiro atoms. The molecule has 0 bridgehead atoms. The number of carboxylic acid groups (broad SMARTS) is 1. The first-order chi connectivity index (χ1) is 12.2. The van der Waals surface area contributed by atoms with E-state index in [0.717, 1.165) is 19.6 Å². The third-order valence-electron chi connectivity index (χ3n) is 3.67. The minimum atomic E-state index is -0.741. The Hall–Kier alpha value is -1.99. The van der Waals surface area contributed by atoms with Crippen LogP contribution >= 0.6 is 11.6 Å². The number of nitrogens with two attached hydrogens (primary N) is 1. The number of halogens is 1. The molecule has 0 aromatic heterocycles. The fraction of sp³-hybridized carbons (Fsp3) is 0.556. The zero-order valence-corrected chi connectivity index (χ0v) is 16.9. The van der Waals surface area contributed by atoms with Gasteiger partial charge < -0.3 is 25.8 Å². The maximum absolute atomic E-state index is 12.1. The molecule has 8 heteroatoms. The Kier molecular flexibility index (Phi) is 11.4. The Morgan fingerprint density at radius 3 is 2.27 bits per heavy atom. The average molecular weight is 388 g/mol. The van der Waals surface area contributed by atoms with Crippen LogP contribution in [0.4, 0.5) is 5.69 Å². The normalized spacial score (nSPS) is 10.3. The summed E-state index contributed by atoms with van der Waals surface area (Å²) in [5, 5.41) is 11.2. The highest BCUT2D eigenvalue weighted by Gasteiger charge is 2.14. The first-order valence-corrected chi connectivity index (χ1v) is 8.91. The van der Waals surface area contributed by atoms with Crippen LogP contribution in [-0.2, 0) is 4.79 Å². The Morgan fingerprint density at radius 1 is 1.31 bits per heavy atom. The minimum Gasteiger partial charge on any atom is -0.496 e. The van der Waals surface area contributed by atoms with Crippen LogP contribution in [0.15, 0.2) is 12.1 Å². The van der Waals surface area contributed by atoms with E-state index in [1.54, 1.807) is 19.9 Å². The number of anilines is 1. The number of nitrogen functional groups attached to an aromatic ring is 1. The molecule has 148 valence electrons. The van der Waals surface area contributed by atoms with Crippen LogP contribution in [-0.4, -0.2) is 55.2 Å². The summed E-state index contributed by atoms with van der Waals surface area (Å²) in [6.07, 6.45) is 0. The lowest BCUT2D eigenvalue weighted by atomic mass is 10.1. The second kappa shape index (κ2) is 12.4. The van der Waals surface area contributed by atoms with Crippen LogP contribution in [0.5, 0.6) is 5.75 Å². The van der Waals surface area contributed by atoms with E-state index in [0.29, 0.717) is 28.6 Å². The van der Waals surface area contributed by atoms with Gasteiger partial charge in [-0.2, -0.15) is 0 Å². The minimum absolute atomic E-state index is 0.212. The molecule has 1 rings (SSSR count). The van der Waals surface area contributed by atoms with E-state index >= 15 is 0 Å². The van der Waals surface area contributed by atoms with Crippen LogP contribution in [0.3, 0.4) is 0 Å². The Balaban J connectivity index is 0.000000896. The topological polar surface area (TPSA) is 105 Å². The smallest absolute Gasteiger partial charge is 0.305 e. The number of likely N-dealkylation sites (N-methyl/N-ethyl adjacent to an activating group) is 1. The summed E-state index contributed by atoms with van der Waals surface area (Å²) in [6.45, 7) is 10.8. The molecule has 0 atom stereocenters. The number of benzene rings is 1. The molecule has 0 unspecified atom stereocenters. The maximum Gasteiger partial charge on any atom is 0.305 e. The standard InChI is InChI=1S/C14H22ClN3O2.C4H8O2/c1-4-18(5-2)7-6-17-14(19)10-8-11(15)12(16)9-13(10)20-3;1-3(2)4(5)6/h8-9H,4-7,16H2,1-3H3,(H,17,19);3H,1-2H3,(H,5,6). The summed E-state index contributed by atoms with van der Waals surface area (Å²) in [6, 6.07) is 3.09. The second-order valence-electron chi connectivity index (χ2n) is 5.85. The molecule has 0 fully saturated rings. The van der Waals surface area contributed by atoms with Gasteiger partial charge in [-0.25, -0.2) is 0 Å². The summed E-state index contributed by atoms with van der Waals surface area (Å²) >= 11 is 5.95. The second-order valence-corrected chi connectivity index (χ2v) is 6.26. The molecule has 0 heterocycles. The Labute approximate surface area is 160 Å². The molecule has 0 saturated carbocycles. The van der Waals surface area contributed by atoms with E-state index in [-0.39, 0.29) is 11.8 Å². The number of ether oxygens (including phenoxy) is 1. The molecule has 7 nitrogen and oxygen atoms in total. The number of nitrogens with zero attached hydrogens (tertiary/aromatic N) is 1. The van der Waals surface area contributed by atoms with Crippen molar-refractivity contribution in [2.75, 3.05) is 39.0 Å². The van der Waals surface area contributed by atoms with Crippen molar-refractivity contribution in [3.63, 3.8) is 0 Å². The van der Waals surface area contributed by atoms with Crippen LogP contribution in [0, 0.1) is 5.92 Å². The highest BCUT2D eigenvalue weighted by molar-refractivity contribution is 6.33. The average Bonchev–Trinajstić information content (AvgIpc) is 2.60. The van der Waals surface area contributed by atoms with Crippen molar-refractivity contribution < 1.29 is 19.4 Å². The number of amides is 1. The van der Waals surface area contributed by atoms with Crippen molar-refractivity contribution in [1.82, 2.24) is 10.2 Å². The largest absolute Gasteiger partial charge is 0.496 e. The first-order valence-electron chi connectivity index (χ1n) is 8.54. The zero-order chi connectivity index (χ0) is 20.3. The molecule has 0 aliphatic carbocycles. The summed E-state index contributed by atoms with van der Waals surface area (Å²) < 4.78 is 5.16. The molecule has 4 N–H and O–H groups in total. The highest BCUT2D eigenvalue weighted by Crippen LogP contribution is 2.28. The monoisotopic (exact) mass is 387 g/mol. The molecule has 0 aliphatic rings. The van der Waals surface area contributed by atoms with E-state index in [1.807, 2.05) is 0 Å². The van der Waals surface area contributed by atoms with Crippen molar-refractivity contribution >= 4 is 29.2 Å². The van der Waals surface area contributed by atoms with Gasteiger partial charge in [0, 0.05) is 19.2 Å². The van der Waals surface area contributed by atoms with Crippen LogP contribution in [0.1, 0.15) is 38.1 Å². The van der Waals surface area contributed by atoms with Gasteiger partial charge >= 0.3 is 5.97 Å². The van der Waals surface area contributed by atoms with Crippen molar-refractivity contribution in [1.29, 1.82) is 0 Å². The van der Waals surface area contributed by atoms with Gasteiger partial charge in [-0.15, -0.1) is 0 Å². The number of hydrogen-bond donors (Lipinski definition) is 3. The lowest BCUT2D eigenvalue weighted by molar-refractivity contribution is -0.140. The van der Waals surface area contributed by atoms with E-state index in [9.17, 15) is 9.59 Å². The van der Waals surface area contributed by atoms with Crippen molar-refractivity contribution in [2.24, 2.45) is 5.92 Å². The molecule has 26 heavy (non-hydrogen) atoms. The van der Waals surface area contributed by atoms with Crippen LogP contribution in [0.2, 0.25) is 5.02 Å². The van der Waals surface area contributed by atoms with Crippen molar-refractivity contribution in [2.45, 2.75) is 27.7 Å². The quantitative estimate of drug-likeness (QED) is 0.592. The lowest BCUT2D eigenvalue weighted by Crippen LogP contribution is -2.34. The van der Waals surface area contributed by atoms with E-state index < -0.39 is 5.97 Å². The fourth-order valence-electron chi connectivity index (χ4n) is 1.88. The van der Waals surface area contributed by atoms with Gasteiger partial charge in [0.2, 0.25) is 0 Å². The predicted octanol–water partition coefficient (Wildman–Crippen LogP) is 2.73. The zero-order valence-electron chi connectivity index (χ0n) is 16.1. The molecule has 1 amide bonds. The third kappa shape index (κ3) is 8.40. The number of methoxy groups -OCH3 is 1. The fourth-order valence-corrected chi connectivity index (χ4v) is 2.04. The summed E-state index contributed by atoms with van der Waals surface area (Å²) in [5.74, 6) is -0.761. The number of nitrogens with one attached hydrogen (secondary N) is 1. The number of aliphatic carboxylic acids is 1. The third-order valence-corrected chi connectivity index (χ3v) is 3.99. The van der Waals surface area contributed by atoms with Crippen molar-refractivity contribution in [3.05, 3.63) is 22.7 Å². The summed E-state index contributed by atoms with van der Waals surface area (Å²) in [4.78, 5) is 24.1. The molecule has 1 aromatic rings. The van der Waals surface area contributed by atoms with Crippen LogP contribution < -0.4 is 15.8 Å². The van der Waals surface area contributed by atoms with Gasteiger partial charge in [0.15, 0.2) is 0 Å². The summed E-state index contributed by atoms with van der Waals surface area (Å²) in [5.41, 5.74) is 6.48. The van der Waals surface area contributed by atoms with Gasteiger partial charge in [0.1, 0.15) is 5.75 Å². The molecular weight excluding hydrogens is 358 g/mol. The number of carbonyl (C=O) groups is 2. The van der Waals surface area contributed by atoms with Crippen LogP contribution in [0.25, 0.3) is 0 Å². The van der Waals surface area contributed by atoms with Gasteiger partial charge in [0.25, 0.3) is 5.91 Å². The molecular formula is C18H30ClN3O4.